The normalized spacial score (nSPS) is 11.5. The number of anilines is 1. The van der Waals surface area contributed by atoms with Crippen molar-refractivity contribution in [2.24, 2.45) is 0 Å². The fourth-order valence-electron chi connectivity index (χ4n) is 3.38. The second-order valence-electron chi connectivity index (χ2n) is 7.69. The summed E-state index contributed by atoms with van der Waals surface area (Å²) in [5.74, 6) is -0.184. The highest BCUT2D eigenvalue weighted by atomic mass is 32.2. The molecular weight excluding hydrogens is 408 g/mol. The average molecular weight is 437 g/mol. The Kier molecular flexibility index (Phi) is 6.93. The molecule has 31 heavy (non-hydrogen) atoms. The van der Waals surface area contributed by atoms with E-state index in [0.717, 1.165) is 34.4 Å². The van der Waals surface area contributed by atoms with E-state index in [1.54, 1.807) is 55.6 Å². The van der Waals surface area contributed by atoms with Gasteiger partial charge in [-0.1, -0.05) is 55.0 Å². The van der Waals surface area contributed by atoms with Crippen molar-refractivity contribution in [3.05, 3.63) is 94.5 Å². The Labute approximate surface area is 184 Å². The minimum Gasteiger partial charge on any atom is -0.321 e. The van der Waals surface area contributed by atoms with E-state index < -0.39 is 10.0 Å². The minimum absolute atomic E-state index is 0.184. The molecule has 0 saturated heterocycles. The number of hydrogen-bond acceptors (Lipinski definition) is 3. The van der Waals surface area contributed by atoms with Crippen molar-refractivity contribution in [3.63, 3.8) is 0 Å². The van der Waals surface area contributed by atoms with Crippen molar-refractivity contribution in [2.45, 2.75) is 38.6 Å². The highest BCUT2D eigenvalue weighted by molar-refractivity contribution is 7.89. The van der Waals surface area contributed by atoms with Crippen LogP contribution in [0, 0.1) is 13.8 Å². The van der Waals surface area contributed by atoms with Gasteiger partial charge in [0, 0.05) is 24.8 Å². The third-order valence-electron chi connectivity index (χ3n) is 5.33. The predicted molar refractivity (Wildman–Crippen MR) is 125 cm³/mol. The van der Waals surface area contributed by atoms with Gasteiger partial charge in [0.2, 0.25) is 10.0 Å². The molecular formula is C25H28N2O3S. The van der Waals surface area contributed by atoms with E-state index in [-0.39, 0.29) is 17.3 Å². The molecule has 1 amide bonds. The highest BCUT2D eigenvalue weighted by Crippen LogP contribution is 2.22. The Morgan fingerprint density at radius 3 is 2.19 bits per heavy atom. The zero-order chi connectivity index (χ0) is 22.6. The first kappa shape index (κ1) is 22.7. The van der Waals surface area contributed by atoms with Crippen LogP contribution in [0.3, 0.4) is 0 Å². The first-order chi connectivity index (χ1) is 14.7. The van der Waals surface area contributed by atoms with Gasteiger partial charge in [-0.25, -0.2) is 8.42 Å². The van der Waals surface area contributed by atoms with Gasteiger partial charge in [-0.3, -0.25) is 4.79 Å². The monoisotopic (exact) mass is 436 g/mol. The number of benzene rings is 3. The van der Waals surface area contributed by atoms with E-state index in [4.69, 9.17) is 0 Å². The lowest BCUT2D eigenvalue weighted by molar-refractivity contribution is 0.102. The summed E-state index contributed by atoms with van der Waals surface area (Å²) in [5, 5.41) is 3.01. The lowest BCUT2D eigenvalue weighted by Gasteiger charge is -2.18. The molecule has 162 valence electrons. The Morgan fingerprint density at radius 2 is 1.58 bits per heavy atom. The molecule has 6 heteroatoms. The third kappa shape index (κ3) is 5.21. The zero-order valence-corrected chi connectivity index (χ0v) is 19.2. The Bertz CT molecular complexity index is 1170. The quantitative estimate of drug-likeness (QED) is 0.571. The number of nitrogens with one attached hydrogen (secondary N) is 1. The minimum atomic E-state index is -3.58. The van der Waals surface area contributed by atoms with Crippen LogP contribution in [0.4, 0.5) is 5.69 Å². The van der Waals surface area contributed by atoms with E-state index in [0.29, 0.717) is 5.56 Å². The van der Waals surface area contributed by atoms with Crippen molar-refractivity contribution < 1.29 is 13.2 Å². The van der Waals surface area contributed by atoms with Gasteiger partial charge in [-0.2, -0.15) is 4.31 Å². The topological polar surface area (TPSA) is 66.5 Å². The van der Waals surface area contributed by atoms with Crippen LogP contribution in [-0.4, -0.2) is 25.7 Å². The lowest BCUT2D eigenvalue weighted by atomic mass is 10.0. The first-order valence-electron chi connectivity index (χ1n) is 10.2. The van der Waals surface area contributed by atoms with E-state index in [1.165, 1.54) is 4.31 Å². The van der Waals surface area contributed by atoms with Crippen LogP contribution in [0.5, 0.6) is 0 Å². The molecule has 0 unspecified atom stereocenters. The van der Waals surface area contributed by atoms with Gasteiger partial charge in [0.1, 0.15) is 0 Å². The van der Waals surface area contributed by atoms with Gasteiger partial charge in [-0.05, 0) is 61.2 Å². The maximum Gasteiger partial charge on any atom is 0.255 e. The fourth-order valence-corrected chi connectivity index (χ4v) is 4.54. The molecule has 0 atom stereocenters. The second kappa shape index (κ2) is 9.45. The molecule has 0 fully saturated rings. The summed E-state index contributed by atoms with van der Waals surface area (Å²) < 4.78 is 26.9. The highest BCUT2D eigenvalue weighted by Gasteiger charge is 2.21. The number of para-hydroxylation sites is 1. The summed E-state index contributed by atoms with van der Waals surface area (Å²) in [7, 11) is -2.02. The Morgan fingerprint density at radius 1 is 0.935 bits per heavy atom. The largest absolute Gasteiger partial charge is 0.321 e. The van der Waals surface area contributed by atoms with Crippen LogP contribution < -0.4 is 5.32 Å². The van der Waals surface area contributed by atoms with Crippen LogP contribution in [-0.2, 0) is 23.0 Å². The average Bonchev–Trinajstić information content (AvgIpc) is 2.75. The number of sulfonamides is 1. The van der Waals surface area contributed by atoms with Crippen LogP contribution in [0.15, 0.2) is 71.6 Å². The van der Waals surface area contributed by atoms with E-state index >= 15 is 0 Å². The van der Waals surface area contributed by atoms with Gasteiger partial charge >= 0.3 is 0 Å². The van der Waals surface area contributed by atoms with Crippen molar-refractivity contribution in [3.8, 4) is 0 Å². The number of carbonyl (C=O) groups excluding carboxylic acids is 1. The number of nitrogens with zero attached hydrogens (tertiary/aromatic N) is 1. The maximum absolute atomic E-state index is 12.8. The maximum atomic E-state index is 12.8. The summed E-state index contributed by atoms with van der Waals surface area (Å²) in [4.78, 5) is 13.0. The van der Waals surface area contributed by atoms with Gasteiger partial charge in [0.25, 0.3) is 5.91 Å². The molecule has 0 aliphatic carbocycles. The molecule has 0 heterocycles. The van der Waals surface area contributed by atoms with Crippen LogP contribution in [0.1, 0.15) is 39.5 Å². The number of amides is 1. The summed E-state index contributed by atoms with van der Waals surface area (Å²) in [6, 6.07) is 19.8. The Hall–Kier alpha value is -2.96. The summed E-state index contributed by atoms with van der Waals surface area (Å²) in [6.45, 7) is 6.17. The molecule has 3 rings (SSSR count). The van der Waals surface area contributed by atoms with Gasteiger partial charge in [0.15, 0.2) is 0 Å². The number of hydrogen-bond donors (Lipinski definition) is 1. The van der Waals surface area contributed by atoms with Crippen molar-refractivity contribution in [2.75, 3.05) is 12.4 Å². The molecule has 1 N–H and O–H groups in total. The molecule has 0 aliphatic heterocycles. The van der Waals surface area contributed by atoms with Gasteiger partial charge < -0.3 is 5.32 Å². The molecule has 0 saturated carbocycles. The Balaban J connectivity index is 1.71. The SMILES string of the molecule is CCc1cccc(C)c1NC(=O)c1ccc(CN(C)S(=O)(=O)c2ccc(C)cc2)cc1. The molecule has 0 aliphatic rings. The summed E-state index contributed by atoms with van der Waals surface area (Å²) >= 11 is 0. The van der Waals surface area contributed by atoms with E-state index in [2.05, 4.69) is 12.2 Å². The zero-order valence-electron chi connectivity index (χ0n) is 18.3. The summed E-state index contributed by atoms with van der Waals surface area (Å²) in [6.07, 6.45) is 0.831. The van der Waals surface area contributed by atoms with E-state index in [1.807, 2.05) is 32.0 Å². The van der Waals surface area contributed by atoms with Gasteiger partial charge in [-0.15, -0.1) is 0 Å². The number of carbonyl (C=O) groups is 1. The molecule has 5 nitrogen and oxygen atoms in total. The second-order valence-corrected chi connectivity index (χ2v) is 9.73. The number of aryl methyl sites for hydroxylation is 3. The fraction of sp³-hybridized carbons (Fsp3) is 0.240. The van der Waals surface area contributed by atoms with Crippen molar-refractivity contribution in [1.82, 2.24) is 4.31 Å². The number of rotatable bonds is 7. The molecule has 0 aromatic heterocycles. The molecule has 0 spiro atoms. The summed E-state index contributed by atoms with van der Waals surface area (Å²) in [5.41, 5.74) is 5.30. The predicted octanol–water partition coefficient (Wildman–Crippen LogP) is 4.94. The van der Waals surface area contributed by atoms with Crippen molar-refractivity contribution >= 4 is 21.6 Å². The third-order valence-corrected chi connectivity index (χ3v) is 7.15. The van der Waals surface area contributed by atoms with Crippen LogP contribution in [0.2, 0.25) is 0 Å². The van der Waals surface area contributed by atoms with E-state index in [9.17, 15) is 13.2 Å². The molecule has 0 radical (unpaired) electrons. The molecule has 0 bridgehead atoms. The van der Waals surface area contributed by atoms with Gasteiger partial charge in [0.05, 0.1) is 4.90 Å². The smallest absolute Gasteiger partial charge is 0.255 e. The molecule has 3 aromatic rings. The van der Waals surface area contributed by atoms with Crippen LogP contribution >= 0.6 is 0 Å². The standard InChI is InChI=1S/C25H28N2O3S/c1-5-21-8-6-7-19(3)24(21)26-25(28)22-13-11-20(12-14-22)17-27(4)31(29,30)23-15-9-18(2)10-16-23/h6-16H,5,17H2,1-4H3,(H,26,28). The first-order valence-corrected chi connectivity index (χ1v) is 11.7. The molecule has 3 aromatic carbocycles. The lowest BCUT2D eigenvalue weighted by Crippen LogP contribution is -2.26. The van der Waals surface area contributed by atoms with Crippen molar-refractivity contribution in [1.29, 1.82) is 0 Å². The van der Waals surface area contributed by atoms with Crippen LogP contribution in [0.25, 0.3) is 0 Å².